The van der Waals surface area contributed by atoms with Crippen molar-refractivity contribution < 1.29 is 10.0 Å². The van der Waals surface area contributed by atoms with Gasteiger partial charge in [-0.05, 0) is 18.9 Å². The summed E-state index contributed by atoms with van der Waals surface area (Å²) in [6.45, 7) is 0. The van der Waals surface area contributed by atoms with E-state index in [1.165, 1.54) is 31.0 Å². The molecule has 2 N–H and O–H groups in total. The normalized spacial score (nSPS) is 16.2. The molecule has 86 valence electrons. The van der Waals surface area contributed by atoms with Crippen LogP contribution in [0.4, 0.5) is 11.4 Å². The van der Waals surface area contributed by atoms with Crippen LogP contribution in [0.2, 0.25) is 0 Å². The van der Waals surface area contributed by atoms with E-state index >= 15 is 0 Å². The van der Waals surface area contributed by atoms with Crippen molar-refractivity contribution >= 4 is 11.4 Å². The van der Waals surface area contributed by atoms with Crippen molar-refractivity contribution in [1.29, 1.82) is 0 Å². The number of benzene rings is 1. The Balaban J connectivity index is 2.17. The number of hydrogen-bond acceptors (Lipinski definition) is 4. The average molecular weight is 222 g/mol. The summed E-state index contributed by atoms with van der Waals surface area (Å²) in [6, 6.07) is 4.37. The Bertz CT molecular complexity index is 400. The van der Waals surface area contributed by atoms with Crippen molar-refractivity contribution in [3.8, 4) is 5.75 Å². The van der Waals surface area contributed by atoms with E-state index in [9.17, 15) is 15.2 Å². The average Bonchev–Trinajstić information content (AvgIpc) is 2.73. The van der Waals surface area contributed by atoms with Crippen LogP contribution in [-0.4, -0.2) is 16.1 Å². The molecule has 1 aliphatic carbocycles. The summed E-state index contributed by atoms with van der Waals surface area (Å²) in [5, 5.41) is 23.3. The number of aromatic hydroxyl groups is 1. The van der Waals surface area contributed by atoms with Crippen molar-refractivity contribution in [2.24, 2.45) is 0 Å². The predicted molar refractivity (Wildman–Crippen MR) is 60.6 cm³/mol. The van der Waals surface area contributed by atoms with Gasteiger partial charge in [0.25, 0.3) is 5.69 Å². The number of phenolic OH excluding ortho intramolecular Hbond substituents is 1. The molecular formula is C11H14N2O3. The molecule has 1 fully saturated rings. The van der Waals surface area contributed by atoms with Crippen molar-refractivity contribution in [1.82, 2.24) is 0 Å². The molecule has 0 spiro atoms. The minimum Gasteiger partial charge on any atom is -0.506 e. The summed E-state index contributed by atoms with van der Waals surface area (Å²) in [5.74, 6) is 0.0671. The minimum atomic E-state index is -0.459. The molecule has 2 rings (SSSR count). The highest BCUT2D eigenvalue weighted by Gasteiger charge is 2.17. The van der Waals surface area contributed by atoms with Gasteiger partial charge in [-0.3, -0.25) is 10.1 Å². The number of nitro groups is 1. The molecule has 16 heavy (non-hydrogen) atoms. The van der Waals surface area contributed by atoms with Gasteiger partial charge in [0.1, 0.15) is 5.75 Å². The third-order valence-electron chi connectivity index (χ3n) is 2.91. The first-order chi connectivity index (χ1) is 7.66. The van der Waals surface area contributed by atoms with Crippen molar-refractivity contribution in [2.45, 2.75) is 31.7 Å². The molecule has 0 heterocycles. The van der Waals surface area contributed by atoms with Gasteiger partial charge < -0.3 is 10.4 Å². The molecule has 0 amide bonds. The van der Waals surface area contributed by atoms with Gasteiger partial charge in [0, 0.05) is 18.2 Å². The molecule has 0 unspecified atom stereocenters. The molecule has 0 aromatic heterocycles. The van der Waals surface area contributed by atoms with Crippen molar-refractivity contribution in [2.75, 3.05) is 5.32 Å². The van der Waals surface area contributed by atoms with E-state index in [4.69, 9.17) is 0 Å². The Kier molecular flexibility index (Phi) is 2.94. The van der Waals surface area contributed by atoms with E-state index in [0.29, 0.717) is 11.7 Å². The molecule has 0 radical (unpaired) electrons. The van der Waals surface area contributed by atoms with Crippen LogP contribution < -0.4 is 5.32 Å². The molecule has 0 aliphatic heterocycles. The van der Waals surface area contributed by atoms with Gasteiger partial charge in [0.2, 0.25) is 0 Å². The topological polar surface area (TPSA) is 75.4 Å². The van der Waals surface area contributed by atoms with Gasteiger partial charge in [-0.15, -0.1) is 0 Å². The Morgan fingerprint density at radius 1 is 1.38 bits per heavy atom. The van der Waals surface area contributed by atoms with Gasteiger partial charge >= 0.3 is 0 Å². The Labute approximate surface area is 93.2 Å². The van der Waals surface area contributed by atoms with E-state index in [1.54, 1.807) is 0 Å². The maximum Gasteiger partial charge on any atom is 0.271 e. The van der Waals surface area contributed by atoms with E-state index in [0.717, 1.165) is 12.8 Å². The fourth-order valence-electron chi connectivity index (χ4n) is 2.04. The first-order valence-corrected chi connectivity index (χ1v) is 5.41. The highest BCUT2D eigenvalue weighted by atomic mass is 16.6. The van der Waals surface area contributed by atoms with Crippen molar-refractivity contribution in [3.05, 3.63) is 28.3 Å². The SMILES string of the molecule is O=[N+]([O-])c1ccc(O)c(NC2CCCC2)c1. The number of phenols is 1. The number of nitrogens with zero attached hydrogens (tertiary/aromatic N) is 1. The third kappa shape index (κ3) is 2.24. The van der Waals surface area contributed by atoms with Crippen LogP contribution in [-0.2, 0) is 0 Å². The van der Waals surface area contributed by atoms with Crippen LogP contribution >= 0.6 is 0 Å². The van der Waals surface area contributed by atoms with Crippen LogP contribution in [0.15, 0.2) is 18.2 Å². The fraction of sp³-hybridized carbons (Fsp3) is 0.455. The lowest BCUT2D eigenvalue weighted by Gasteiger charge is -2.14. The summed E-state index contributed by atoms with van der Waals surface area (Å²) in [4.78, 5) is 10.1. The Morgan fingerprint density at radius 2 is 2.06 bits per heavy atom. The largest absolute Gasteiger partial charge is 0.506 e. The lowest BCUT2D eigenvalue weighted by atomic mass is 10.2. The van der Waals surface area contributed by atoms with Crippen LogP contribution in [0.25, 0.3) is 0 Å². The highest BCUT2D eigenvalue weighted by Crippen LogP contribution is 2.31. The molecule has 1 aromatic carbocycles. The Hall–Kier alpha value is -1.78. The molecule has 5 nitrogen and oxygen atoms in total. The van der Waals surface area contributed by atoms with E-state index in [1.807, 2.05) is 0 Å². The molecular weight excluding hydrogens is 208 g/mol. The quantitative estimate of drug-likeness (QED) is 0.468. The number of non-ortho nitro benzene ring substituents is 1. The number of anilines is 1. The maximum absolute atomic E-state index is 10.6. The van der Waals surface area contributed by atoms with E-state index in [-0.39, 0.29) is 11.4 Å². The smallest absolute Gasteiger partial charge is 0.271 e. The van der Waals surface area contributed by atoms with Gasteiger partial charge in [0.15, 0.2) is 0 Å². The minimum absolute atomic E-state index is 0.00158. The van der Waals surface area contributed by atoms with Gasteiger partial charge in [0.05, 0.1) is 10.6 Å². The van der Waals surface area contributed by atoms with Gasteiger partial charge in [-0.2, -0.15) is 0 Å². The summed E-state index contributed by atoms with van der Waals surface area (Å²) < 4.78 is 0. The van der Waals surface area contributed by atoms with Crippen LogP contribution in [0.3, 0.4) is 0 Å². The second-order valence-electron chi connectivity index (χ2n) is 4.08. The second kappa shape index (κ2) is 4.38. The molecule has 0 atom stereocenters. The molecule has 1 aromatic rings. The zero-order valence-electron chi connectivity index (χ0n) is 8.85. The van der Waals surface area contributed by atoms with Gasteiger partial charge in [-0.1, -0.05) is 12.8 Å². The predicted octanol–water partition coefficient (Wildman–Crippen LogP) is 2.65. The molecule has 0 bridgehead atoms. The van der Waals surface area contributed by atoms with Crippen LogP contribution in [0, 0.1) is 10.1 Å². The number of nitro benzene ring substituents is 1. The Morgan fingerprint density at radius 3 is 2.69 bits per heavy atom. The lowest BCUT2D eigenvalue weighted by Crippen LogP contribution is -2.14. The van der Waals surface area contributed by atoms with Crippen LogP contribution in [0.5, 0.6) is 5.75 Å². The zero-order valence-corrected chi connectivity index (χ0v) is 8.85. The van der Waals surface area contributed by atoms with Crippen molar-refractivity contribution in [3.63, 3.8) is 0 Å². The maximum atomic E-state index is 10.6. The van der Waals surface area contributed by atoms with E-state index < -0.39 is 4.92 Å². The fourth-order valence-corrected chi connectivity index (χ4v) is 2.04. The summed E-state index contributed by atoms with van der Waals surface area (Å²) in [6.07, 6.45) is 4.46. The summed E-state index contributed by atoms with van der Waals surface area (Å²) in [7, 11) is 0. The van der Waals surface area contributed by atoms with E-state index in [2.05, 4.69) is 5.32 Å². The number of hydrogen-bond donors (Lipinski definition) is 2. The lowest BCUT2D eigenvalue weighted by molar-refractivity contribution is -0.384. The number of nitrogens with one attached hydrogen (secondary N) is 1. The monoisotopic (exact) mass is 222 g/mol. The second-order valence-corrected chi connectivity index (χ2v) is 4.08. The molecule has 1 aliphatic rings. The first-order valence-electron chi connectivity index (χ1n) is 5.41. The number of rotatable bonds is 3. The molecule has 0 saturated heterocycles. The zero-order chi connectivity index (χ0) is 11.5. The molecule has 1 saturated carbocycles. The molecule has 5 heteroatoms. The van der Waals surface area contributed by atoms with Gasteiger partial charge in [-0.25, -0.2) is 0 Å². The highest BCUT2D eigenvalue weighted by molar-refractivity contribution is 5.61. The standard InChI is InChI=1S/C11H14N2O3/c14-11-6-5-9(13(15)16)7-10(11)12-8-3-1-2-4-8/h5-8,12,14H,1-4H2. The first kappa shape index (κ1) is 10.7. The van der Waals surface area contributed by atoms with Crippen LogP contribution in [0.1, 0.15) is 25.7 Å². The third-order valence-corrected chi connectivity index (χ3v) is 2.91. The summed E-state index contributed by atoms with van der Waals surface area (Å²) >= 11 is 0. The summed E-state index contributed by atoms with van der Waals surface area (Å²) in [5.41, 5.74) is 0.458.